The van der Waals surface area contributed by atoms with Gasteiger partial charge in [-0.25, -0.2) is 13.1 Å². The normalized spacial score (nSPS) is 13.9. The third-order valence-electron chi connectivity index (χ3n) is 4.67. The summed E-state index contributed by atoms with van der Waals surface area (Å²) in [6.45, 7) is 1.59. The van der Waals surface area contributed by atoms with Gasteiger partial charge in [0.25, 0.3) is 0 Å². The van der Waals surface area contributed by atoms with Gasteiger partial charge in [0.15, 0.2) is 0 Å². The number of rotatable bonds is 7. The maximum Gasteiger partial charge on any atom is 0.240 e. The van der Waals surface area contributed by atoms with Crippen LogP contribution in [-0.2, 0) is 27.8 Å². The first-order valence-corrected chi connectivity index (χ1v) is 10.5. The van der Waals surface area contributed by atoms with Crippen molar-refractivity contribution in [3.63, 3.8) is 0 Å². The molecule has 2 aromatic carbocycles. The molecule has 1 heterocycles. The first-order chi connectivity index (χ1) is 13.0. The van der Waals surface area contributed by atoms with Crippen LogP contribution in [0.25, 0.3) is 0 Å². The van der Waals surface area contributed by atoms with E-state index in [0.29, 0.717) is 32.5 Å². The van der Waals surface area contributed by atoms with Gasteiger partial charge in [-0.2, -0.15) is 0 Å². The van der Waals surface area contributed by atoms with E-state index in [4.69, 9.17) is 4.74 Å². The Balaban J connectivity index is 1.55. The van der Waals surface area contributed by atoms with E-state index in [9.17, 15) is 13.2 Å². The fourth-order valence-electron chi connectivity index (χ4n) is 3.12. The number of fused-ring (bicyclic) bond motifs is 1. The van der Waals surface area contributed by atoms with Gasteiger partial charge in [-0.3, -0.25) is 4.79 Å². The fraction of sp³-hybridized carbons (Fsp3) is 0.350. The molecule has 1 amide bonds. The van der Waals surface area contributed by atoms with Gasteiger partial charge >= 0.3 is 0 Å². The molecule has 6 nitrogen and oxygen atoms in total. The largest absolute Gasteiger partial charge is 0.494 e. The topological polar surface area (TPSA) is 75.7 Å². The predicted molar refractivity (Wildman–Crippen MR) is 103 cm³/mol. The fourth-order valence-corrected chi connectivity index (χ4v) is 3.90. The average Bonchev–Trinajstić information content (AvgIpc) is 2.71. The maximum absolute atomic E-state index is 12.5. The number of benzene rings is 2. The van der Waals surface area contributed by atoms with E-state index >= 15 is 0 Å². The lowest BCUT2D eigenvalue weighted by Crippen LogP contribution is -2.36. The number of ether oxygens (including phenoxy) is 1. The minimum Gasteiger partial charge on any atom is -0.494 e. The molecule has 0 spiro atoms. The van der Waals surface area contributed by atoms with Crippen LogP contribution < -0.4 is 9.46 Å². The van der Waals surface area contributed by atoms with Crippen molar-refractivity contribution in [2.24, 2.45) is 0 Å². The second kappa shape index (κ2) is 8.54. The molecule has 0 atom stereocenters. The highest BCUT2D eigenvalue weighted by Gasteiger charge is 2.22. The van der Waals surface area contributed by atoms with Crippen molar-refractivity contribution < 1.29 is 17.9 Å². The summed E-state index contributed by atoms with van der Waals surface area (Å²) in [5.41, 5.74) is 1.99. The summed E-state index contributed by atoms with van der Waals surface area (Å²) in [5, 5.41) is 0. The van der Waals surface area contributed by atoms with Crippen molar-refractivity contribution in [2.45, 2.75) is 30.7 Å². The van der Waals surface area contributed by atoms with Crippen LogP contribution in [0, 0.1) is 0 Å². The van der Waals surface area contributed by atoms with Gasteiger partial charge < -0.3 is 9.64 Å². The number of nitrogens with one attached hydrogen (secondary N) is 1. The Labute approximate surface area is 160 Å². The first kappa shape index (κ1) is 19.4. The Morgan fingerprint density at radius 2 is 1.93 bits per heavy atom. The van der Waals surface area contributed by atoms with Crippen LogP contribution in [0.2, 0.25) is 0 Å². The van der Waals surface area contributed by atoms with Crippen molar-refractivity contribution in [2.75, 3.05) is 20.2 Å². The van der Waals surface area contributed by atoms with Crippen molar-refractivity contribution in [3.05, 3.63) is 59.7 Å². The number of nitrogens with zero attached hydrogens (tertiary/aromatic N) is 1. The van der Waals surface area contributed by atoms with Crippen molar-refractivity contribution in [3.8, 4) is 5.75 Å². The number of hydrogen-bond acceptors (Lipinski definition) is 4. The van der Waals surface area contributed by atoms with Crippen LogP contribution in [0.1, 0.15) is 24.0 Å². The van der Waals surface area contributed by atoms with Gasteiger partial charge in [0.1, 0.15) is 5.75 Å². The summed E-state index contributed by atoms with van der Waals surface area (Å²) >= 11 is 0. The molecule has 0 fully saturated rings. The van der Waals surface area contributed by atoms with Gasteiger partial charge in [-0.05, 0) is 55.3 Å². The minimum absolute atomic E-state index is 0.0687. The summed E-state index contributed by atoms with van der Waals surface area (Å²) in [4.78, 5) is 14.5. The van der Waals surface area contributed by atoms with Gasteiger partial charge in [-0.1, -0.05) is 24.3 Å². The lowest BCUT2D eigenvalue weighted by molar-refractivity contribution is -0.132. The zero-order valence-electron chi connectivity index (χ0n) is 15.3. The van der Waals surface area contributed by atoms with E-state index in [1.165, 1.54) is 7.05 Å². The Morgan fingerprint density at radius 3 is 2.67 bits per heavy atom. The number of para-hydroxylation sites is 1. The quantitative estimate of drug-likeness (QED) is 0.739. The van der Waals surface area contributed by atoms with Crippen LogP contribution in [0.5, 0.6) is 5.75 Å². The van der Waals surface area contributed by atoms with Gasteiger partial charge in [-0.15, -0.1) is 0 Å². The highest BCUT2D eigenvalue weighted by molar-refractivity contribution is 7.89. The van der Waals surface area contributed by atoms with Gasteiger partial charge in [0, 0.05) is 19.5 Å². The highest BCUT2D eigenvalue weighted by Crippen LogP contribution is 2.23. The molecule has 0 saturated carbocycles. The molecule has 0 bridgehead atoms. The number of carbonyl (C=O) groups is 1. The Kier molecular flexibility index (Phi) is 6.13. The minimum atomic E-state index is -3.48. The second-order valence-electron chi connectivity index (χ2n) is 6.47. The molecule has 1 aliphatic rings. The predicted octanol–water partition coefficient (Wildman–Crippen LogP) is 2.34. The van der Waals surface area contributed by atoms with Crippen LogP contribution in [0.3, 0.4) is 0 Å². The van der Waals surface area contributed by atoms with Crippen molar-refractivity contribution in [1.82, 2.24) is 9.62 Å². The molecule has 1 N–H and O–H groups in total. The van der Waals surface area contributed by atoms with E-state index < -0.39 is 10.0 Å². The summed E-state index contributed by atoms with van der Waals surface area (Å²) in [7, 11) is -2.09. The number of amides is 1. The second-order valence-corrected chi connectivity index (χ2v) is 8.35. The standard InChI is InChI=1S/C20H24N2O4S/c1-21-27(24,25)19-10-9-16-11-12-22(15-17(16)14-19)20(23)8-5-13-26-18-6-3-2-4-7-18/h2-4,6-7,9-10,14,21H,5,8,11-13,15H2,1H3. The molecular formula is C20H24N2O4S. The molecule has 0 aromatic heterocycles. The van der Waals surface area contributed by atoms with Gasteiger partial charge in [0.05, 0.1) is 11.5 Å². The van der Waals surface area contributed by atoms with Gasteiger partial charge in [0.2, 0.25) is 15.9 Å². The summed E-state index contributed by atoms with van der Waals surface area (Å²) < 4.78 is 31.9. The Morgan fingerprint density at radius 1 is 1.15 bits per heavy atom. The van der Waals surface area contributed by atoms with Crippen LogP contribution in [0.15, 0.2) is 53.4 Å². The molecule has 3 rings (SSSR count). The number of sulfonamides is 1. The number of carbonyl (C=O) groups excluding carboxylic acids is 1. The molecule has 7 heteroatoms. The van der Waals surface area contributed by atoms with Crippen LogP contribution in [0.4, 0.5) is 0 Å². The summed E-state index contributed by atoms with van der Waals surface area (Å²) in [6.07, 6.45) is 1.80. The monoisotopic (exact) mass is 388 g/mol. The Bertz CT molecular complexity index is 897. The van der Waals surface area contributed by atoms with E-state index in [0.717, 1.165) is 23.3 Å². The summed E-state index contributed by atoms with van der Waals surface area (Å²) in [5.74, 6) is 0.870. The van der Waals surface area contributed by atoms with Crippen LogP contribution >= 0.6 is 0 Å². The molecule has 0 saturated heterocycles. The maximum atomic E-state index is 12.5. The van der Waals surface area contributed by atoms with Crippen molar-refractivity contribution in [1.29, 1.82) is 0 Å². The third-order valence-corrected chi connectivity index (χ3v) is 6.08. The van der Waals surface area contributed by atoms with E-state index in [1.54, 1.807) is 17.0 Å². The van der Waals surface area contributed by atoms with Crippen molar-refractivity contribution >= 4 is 15.9 Å². The lowest BCUT2D eigenvalue weighted by Gasteiger charge is -2.29. The zero-order valence-corrected chi connectivity index (χ0v) is 16.2. The number of hydrogen-bond donors (Lipinski definition) is 1. The van der Waals surface area contributed by atoms with E-state index in [-0.39, 0.29) is 10.8 Å². The highest BCUT2D eigenvalue weighted by atomic mass is 32.2. The lowest BCUT2D eigenvalue weighted by atomic mass is 9.99. The molecule has 27 heavy (non-hydrogen) atoms. The molecule has 1 aliphatic heterocycles. The third kappa shape index (κ3) is 4.87. The molecule has 0 aliphatic carbocycles. The molecule has 0 radical (unpaired) electrons. The van der Waals surface area contributed by atoms with E-state index in [1.807, 2.05) is 36.4 Å². The van der Waals surface area contributed by atoms with Crippen LogP contribution in [-0.4, -0.2) is 39.4 Å². The first-order valence-electron chi connectivity index (χ1n) is 9.00. The van der Waals surface area contributed by atoms with E-state index in [2.05, 4.69) is 4.72 Å². The smallest absolute Gasteiger partial charge is 0.240 e. The summed E-state index contributed by atoms with van der Waals surface area (Å²) in [6, 6.07) is 14.7. The molecular weight excluding hydrogens is 364 g/mol. The zero-order chi connectivity index (χ0) is 19.3. The average molecular weight is 388 g/mol. The Hall–Kier alpha value is -2.38. The molecule has 2 aromatic rings. The molecule has 0 unspecified atom stereocenters. The SMILES string of the molecule is CNS(=O)(=O)c1ccc2c(c1)CN(C(=O)CCCOc1ccccc1)CC2. The molecule has 144 valence electrons.